The first kappa shape index (κ1) is 19.2. The van der Waals surface area contributed by atoms with Gasteiger partial charge in [-0.1, -0.05) is 59.5 Å². The van der Waals surface area contributed by atoms with Crippen molar-refractivity contribution in [3.8, 4) is 0 Å². The molecule has 2 nitrogen and oxygen atoms in total. The van der Waals surface area contributed by atoms with Gasteiger partial charge in [0.25, 0.3) is 0 Å². The molecular weight excluding hydrogens is 288 g/mol. The molecule has 0 saturated carbocycles. The third-order valence-electron chi connectivity index (χ3n) is 4.87. The average molecular weight is 323 g/mol. The van der Waals surface area contributed by atoms with E-state index in [0.717, 1.165) is 17.8 Å². The highest BCUT2D eigenvalue weighted by Crippen LogP contribution is 2.40. The van der Waals surface area contributed by atoms with E-state index in [9.17, 15) is 4.79 Å². The molecular formula is C19H34O2Si. The molecule has 22 heavy (non-hydrogen) atoms. The summed E-state index contributed by atoms with van der Waals surface area (Å²) < 4.78 is 6.35. The zero-order valence-electron chi connectivity index (χ0n) is 15.4. The summed E-state index contributed by atoms with van der Waals surface area (Å²) in [5.41, 5.74) is 0.834. The van der Waals surface area contributed by atoms with Crippen LogP contribution < -0.4 is 0 Å². The van der Waals surface area contributed by atoms with Gasteiger partial charge in [0.2, 0.25) is 8.32 Å². The Hall–Kier alpha value is -0.833. The van der Waals surface area contributed by atoms with Gasteiger partial charge in [0.1, 0.15) is 5.76 Å². The highest BCUT2D eigenvalue weighted by Gasteiger charge is 2.40. The molecule has 0 bridgehead atoms. The minimum Gasteiger partial charge on any atom is -0.543 e. The van der Waals surface area contributed by atoms with Crippen LogP contribution in [0, 0.1) is 0 Å². The Morgan fingerprint density at radius 3 is 2.41 bits per heavy atom. The van der Waals surface area contributed by atoms with Crippen LogP contribution in [-0.4, -0.2) is 14.1 Å². The molecule has 1 rings (SSSR count). The van der Waals surface area contributed by atoms with Crippen LogP contribution in [0.2, 0.25) is 18.1 Å². The summed E-state index contributed by atoms with van der Waals surface area (Å²) in [5, 5.41) is 0.157. The standard InChI is InChI=1S/C19H34O2Si/c1-7-8-9-10-11-12-13-16-17(20)14-15-18(16)21-22(5,6)19(2,3)4/h13,15H,7-12,14H2,1-6H3. The van der Waals surface area contributed by atoms with Gasteiger partial charge in [-0.3, -0.25) is 4.79 Å². The van der Waals surface area contributed by atoms with Crippen molar-refractivity contribution in [1.29, 1.82) is 0 Å². The van der Waals surface area contributed by atoms with Crippen LogP contribution in [0.4, 0.5) is 0 Å². The first-order chi connectivity index (χ1) is 10.2. The summed E-state index contributed by atoms with van der Waals surface area (Å²) in [5.74, 6) is 1.08. The maximum atomic E-state index is 12.1. The van der Waals surface area contributed by atoms with Crippen molar-refractivity contribution in [2.45, 2.75) is 90.8 Å². The molecule has 0 aliphatic heterocycles. The predicted molar refractivity (Wildman–Crippen MR) is 97.4 cm³/mol. The van der Waals surface area contributed by atoms with Crippen molar-refractivity contribution >= 4 is 14.1 Å². The predicted octanol–water partition coefficient (Wildman–Crippen LogP) is 6.15. The lowest BCUT2D eigenvalue weighted by atomic mass is 10.1. The third-order valence-corrected chi connectivity index (χ3v) is 9.21. The zero-order valence-corrected chi connectivity index (χ0v) is 16.4. The van der Waals surface area contributed by atoms with Gasteiger partial charge >= 0.3 is 0 Å². The number of hydrogen-bond donors (Lipinski definition) is 0. The number of unbranched alkanes of at least 4 members (excludes halogenated alkanes) is 5. The molecule has 0 spiro atoms. The minimum atomic E-state index is -1.87. The Morgan fingerprint density at radius 1 is 1.18 bits per heavy atom. The van der Waals surface area contributed by atoms with Crippen molar-refractivity contribution in [3.63, 3.8) is 0 Å². The Labute approximate surface area is 138 Å². The molecule has 0 aromatic rings. The molecule has 0 saturated heterocycles. The van der Waals surface area contributed by atoms with Gasteiger partial charge in [-0.2, -0.15) is 0 Å². The van der Waals surface area contributed by atoms with Crippen molar-refractivity contribution < 1.29 is 9.22 Å². The van der Waals surface area contributed by atoms with E-state index in [4.69, 9.17) is 4.43 Å². The number of carbonyl (C=O) groups excluding carboxylic acids is 1. The number of carbonyl (C=O) groups is 1. The molecule has 0 amide bonds. The summed E-state index contributed by atoms with van der Waals surface area (Å²) in [7, 11) is -1.87. The molecule has 0 fully saturated rings. The van der Waals surface area contributed by atoms with Crippen LogP contribution in [0.25, 0.3) is 0 Å². The normalized spacial score (nSPS) is 18.0. The molecule has 0 heterocycles. The maximum Gasteiger partial charge on any atom is 0.250 e. The summed E-state index contributed by atoms with van der Waals surface area (Å²) in [6, 6.07) is 0. The van der Waals surface area contributed by atoms with Crippen LogP contribution >= 0.6 is 0 Å². The first-order valence-electron chi connectivity index (χ1n) is 8.82. The fraction of sp³-hybridized carbons (Fsp3) is 0.737. The van der Waals surface area contributed by atoms with E-state index in [2.05, 4.69) is 46.9 Å². The molecule has 0 atom stereocenters. The lowest BCUT2D eigenvalue weighted by Crippen LogP contribution is -2.40. The number of hydrogen-bond acceptors (Lipinski definition) is 2. The molecule has 126 valence electrons. The Bertz CT molecular complexity index is 439. The fourth-order valence-electron chi connectivity index (χ4n) is 2.28. The van der Waals surface area contributed by atoms with E-state index in [1.807, 2.05) is 6.08 Å². The van der Waals surface area contributed by atoms with Gasteiger partial charge in [-0.25, -0.2) is 0 Å². The Balaban J connectivity index is 2.61. The number of Topliss-reactive ketones (excluding diaryl/α,β-unsaturated/α-hetero) is 1. The fourth-order valence-corrected chi connectivity index (χ4v) is 3.33. The van der Waals surface area contributed by atoms with E-state index in [1.165, 1.54) is 32.1 Å². The monoisotopic (exact) mass is 322 g/mol. The van der Waals surface area contributed by atoms with Crippen LogP contribution in [0.15, 0.2) is 23.5 Å². The lowest BCUT2D eigenvalue weighted by molar-refractivity contribution is -0.114. The van der Waals surface area contributed by atoms with Crippen LogP contribution in [0.1, 0.15) is 72.6 Å². The largest absolute Gasteiger partial charge is 0.543 e. The van der Waals surface area contributed by atoms with Crippen molar-refractivity contribution in [1.82, 2.24) is 0 Å². The molecule has 0 aromatic carbocycles. The van der Waals surface area contributed by atoms with Gasteiger partial charge in [0.15, 0.2) is 5.78 Å². The molecule has 1 aliphatic carbocycles. The SMILES string of the molecule is CCCCCCCC=C1C(=O)CC=C1O[Si](C)(C)C(C)(C)C. The molecule has 0 N–H and O–H groups in total. The number of allylic oxidation sites excluding steroid dienone is 3. The molecule has 3 heteroatoms. The maximum absolute atomic E-state index is 12.1. The summed E-state index contributed by atoms with van der Waals surface area (Å²) in [4.78, 5) is 12.1. The van der Waals surface area contributed by atoms with Gasteiger partial charge < -0.3 is 4.43 Å². The summed E-state index contributed by atoms with van der Waals surface area (Å²) >= 11 is 0. The average Bonchev–Trinajstić information content (AvgIpc) is 2.73. The van der Waals surface area contributed by atoms with E-state index in [-0.39, 0.29) is 10.8 Å². The Kier molecular flexibility index (Phi) is 7.11. The van der Waals surface area contributed by atoms with Crippen molar-refractivity contribution in [2.75, 3.05) is 0 Å². The highest BCUT2D eigenvalue weighted by molar-refractivity contribution is 6.74. The number of rotatable bonds is 8. The van der Waals surface area contributed by atoms with Crippen molar-refractivity contribution in [3.05, 3.63) is 23.5 Å². The van der Waals surface area contributed by atoms with E-state index in [1.54, 1.807) is 0 Å². The smallest absolute Gasteiger partial charge is 0.250 e. The minimum absolute atomic E-state index is 0.157. The van der Waals surface area contributed by atoms with Gasteiger partial charge in [-0.05, 0) is 37.0 Å². The second-order valence-electron chi connectivity index (χ2n) is 7.88. The van der Waals surface area contributed by atoms with Gasteiger partial charge in [0, 0.05) is 6.42 Å². The van der Waals surface area contributed by atoms with E-state index < -0.39 is 8.32 Å². The number of ketones is 1. The summed E-state index contributed by atoms with van der Waals surface area (Å²) in [6.07, 6.45) is 11.9. The lowest BCUT2D eigenvalue weighted by Gasteiger charge is -2.37. The van der Waals surface area contributed by atoms with Gasteiger partial charge in [0.05, 0.1) is 5.57 Å². The molecule has 0 radical (unpaired) electrons. The van der Waals surface area contributed by atoms with E-state index in [0.29, 0.717) is 6.42 Å². The second-order valence-corrected chi connectivity index (χ2v) is 12.6. The van der Waals surface area contributed by atoms with Gasteiger partial charge in [-0.15, -0.1) is 0 Å². The molecule has 1 aliphatic rings. The zero-order chi connectivity index (χ0) is 16.8. The van der Waals surface area contributed by atoms with Crippen LogP contribution in [0.3, 0.4) is 0 Å². The first-order valence-corrected chi connectivity index (χ1v) is 11.7. The highest BCUT2D eigenvalue weighted by atomic mass is 28.4. The van der Waals surface area contributed by atoms with E-state index >= 15 is 0 Å². The third kappa shape index (κ3) is 5.42. The Morgan fingerprint density at radius 2 is 1.82 bits per heavy atom. The topological polar surface area (TPSA) is 26.3 Å². The molecule has 0 unspecified atom stereocenters. The summed E-state index contributed by atoms with van der Waals surface area (Å²) in [6.45, 7) is 13.4. The van der Waals surface area contributed by atoms with Crippen LogP contribution in [-0.2, 0) is 9.22 Å². The second kappa shape index (κ2) is 8.14. The van der Waals surface area contributed by atoms with Crippen molar-refractivity contribution in [2.24, 2.45) is 0 Å². The molecule has 0 aromatic heterocycles. The van der Waals surface area contributed by atoms with Crippen LogP contribution in [0.5, 0.6) is 0 Å². The quantitative estimate of drug-likeness (QED) is 0.304.